The predicted octanol–water partition coefficient (Wildman–Crippen LogP) is 5.23. The molecule has 5 unspecified atom stereocenters. The van der Waals surface area contributed by atoms with Crippen LogP contribution >= 0.6 is 0 Å². The van der Waals surface area contributed by atoms with Crippen LogP contribution in [0.15, 0.2) is 0 Å². The van der Waals surface area contributed by atoms with Gasteiger partial charge in [0.1, 0.15) is 6.10 Å². The van der Waals surface area contributed by atoms with Gasteiger partial charge in [0.05, 0.1) is 43.2 Å². The standard InChI is InChI=1S/C42H70N2O7/c1-25-21-27(35(46)38(4,5)48)50-34-33(25)39(6)15-16-42-24-41(42)14-11-30(37(2,3)28(41)9-10-29(42)40(39,7)36(34)47)51-32-23-44(19-20-49-32)31(45)22-26-12-17-43(8)18-13-26/h25-30,32-36,46-48H,9-24H2,1-8H3/t25-,27?,28+,29+,30+,32?,33?,34?,35+,36+,39-,40-,41-,42?/m1/s1. The van der Waals surface area contributed by atoms with Crippen molar-refractivity contribution >= 4 is 5.91 Å². The molecule has 8 fully saturated rings. The highest BCUT2D eigenvalue weighted by molar-refractivity contribution is 5.76. The number of nitrogens with zero attached hydrogens (tertiary/aromatic N) is 2. The number of aliphatic hydroxyl groups excluding tert-OH is 2. The number of amides is 1. The fourth-order valence-corrected chi connectivity index (χ4v) is 15.0. The second-order valence-corrected chi connectivity index (χ2v) is 20.9. The molecule has 3 saturated heterocycles. The zero-order valence-corrected chi connectivity index (χ0v) is 33.0. The second kappa shape index (κ2) is 12.3. The number of hydrogen-bond donors (Lipinski definition) is 3. The summed E-state index contributed by atoms with van der Waals surface area (Å²) < 4.78 is 19.8. The summed E-state index contributed by atoms with van der Waals surface area (Å²) in [5.41, 5.74) is -1.06. The van der Waals surface area contributed by atoms with Gasteiger partial charge in [0, 0.05) is 18.4 Å². The van der Waals surface area contributed by atoms with Crippen molar-refractivity contribution in [3.8, 4) is 0 Å². The third-order valence-corrected chi connectivity index (χ3v) is 17.8. The molecule has 14 atom stereocenters. The van der Waals surface area contributed by atoms with Gasteiger partial charge in [-0.15, -0.1) is 0 Å². The average Bonchev–Trinajstić information content (AvgIpc) is 3.71. The lowest BCUT2D eigenvalue weighted by atomic mass is 9.41. The van der Waals surface area contributed by atoms with Crippen molar-refractivity contribution in [2.24, 2.45) is 56.7 Å². The maximum Gasteiger partial charge on any atom is 0.223 e. The molecule has 2 spiro atoms. The number of rotatable bonds is 6. The van der Waals surface area contributed by atoms with Gasteiger partial charge in [-0.3, -0.25) is 4.79 Å². The molecule has 1 amide bonds. The fraction of sp³-hybridized carbons (Fsp3) is 0.976. The third kappa shape index (κ3) is 5.34. The van der Waals surface area contributed by atoms with Crippen LogP contribution in [-0.4, -0.2) is 113 Å². The van der Waals surface area contributed by atoms with Gasteiger partial charge < -0.3 is 39.3 Å². The Bertz CT molecular complexity index is 1340. The monoisotopic (exact) mass is 715 g/mol. The quantitative estimate of drug-likeness (QED) is 0.343. The van der Waals surface area contributed by atoms with E-state index in [9.17, 15) is 20.1 Å². The highest BCUT2D eigenvalue weighted by atomic mass is 16.7. The Kier molecular flexibility index (Phi) is 8.99. The highest BCUT2D eigenvalue weighted by Gasteiger charge is 2.84. The summed E-state index contributed by atoms with van der Waals surface area (Å²) in [6.45, 7) is 19.2. The number of aliphatic hydroxyl groups is 3. The van der Waals surface area contributed by atoms with Crippen LogP contribution in [0, 0.1) is 56.7 Å². The zero-order chi connectivity index (χ0) is 36.5. The number of ether oxygens (including phenoxy) is 3. The Labute approximate surface area is 307 Å². The molecule has 290 valence electrons. The van der Waals surface area contributed by atoms with Gasteiger partial charge in [-0.05, 0) is 149 Å². The van der Waals surface area contributed by atoms with Gasteiger partial charge in [0.2, 0.25) is 5.91 Å². The lowest BCUT2D eigenvalue weighted by molar-refractivity contribution is -0.248. The van der Waals surface area contributed by atoms with Crippen LogP contribution in [0.5, 0.6) is 0 Å². The number of hydrogen-bond acceptors (Lipinski definition) is 8. The molecule has 9 heteroatoms. The van der Waals surface area contributed by atoms with Crippen molar-refractivity contribution in [1.29, 1.82) is 0 Å². The molecule has 0 bridgehead atoms. The molecule has 9 nitrogen and oxygen atoms in total. The second-order valence-electron chi connectivity index (χ2n) is 20.9. The van der Waals surface area contributed by atoms with Crippen LogP contribution in [0.4, 0.5) is 0 Å². The summed E-state index contributed by atoms with van der Waals surface area (Å²) in [7, 11) is 2.17. The first-order valence-corrected chi connectivity index (χ1v) is 20.9. The zero-order valence-electron chi connectivity index (χ0n) is 33.0. The van der Waals surface area contributed by atoms with Crippen molar-refractivity contribution in [3.05, 3.63) is 0 Å². The Balaban J connectivity index is 0.963. The molecule has 5 saturated carbocycles. The van der Waals surface area contributed by atoms with Gasteiger partial charge in [-0.2, -0.15) is 0 Å². The first kappa shape index (κ1) is 37.1. The predicted molar refractivity (Wildman–Crippen MR) is 194 cm³/mol. The summed E-state index contributed by atoms with van der Waals surface area (Å²) in [5.74, 6) is 2.27. The Morgan fingerprint density at radius 3 is 2.37 bits per heavy atom. The number of carbonyl (C=O) groups is 1. The van der Waals surface area contributed by atoms with Crippen molar-refractivity contribution in [1.82, 2.24) is 9.80 Å². The average molecular weight is 715 g/mol. The van der Waals surface area contributed by atoms with Crippen LogP contribution in [0.25, 0.3) is 0 Å². The largest absolute Gasteiger partial charge is 0.390 e. The van der Waals surface area contributed by atoms with Crippen LogP contribution in [0.2, 0.25) is 0 Å². The van der Waals surface area contributed by atoms with Gasteiger partial charge in [-0.25, -0.2) is 0 Å². The van der Waals surface area contributed by atoms with Crippen molar-refractivity contribution < 1.29 is 34.3 Å². The fourth-order valence-electron chi connectivity index (χ4n) is 15.0. The smallest absolute Gasteiger partial charge is 0.223 e. The molecule has 0 aromatic carbocycles. The van der Waals surface area contributed by atoms with Crippen molar-refractivity contribution in [2.45, 2.75) is 162 Å². The Morgan fingerprint density at radius 1 is 0.980 bits per heavy atom. The molecule has 5 aliphatic carbocycles. The van der Waals surface area contributed by atoms with E-state index in [4.69, 9.17) is 14.2 Å². The first-order chi connectivity index (χ1) is 23.9. The molecule has 51 heavy (non-hydrogen) atoms. The molecular weight excluding hydrogens is 644 g/mol. The number of piperidine rings is 1. The minimum absolute atomic E-state index is 0.0154. The molecule has 8 rings (SSSR count). The van der Waals surface area contributed by atoms with Crippen LogP contribution in [0.1, 0.15) is 119 Å². The van der Waals surface area contributed by atoms with E-state index in [1.165, 1.54) is 12.8 Å². The molecule has 3 N–H and O–H groups in total. The number of carbonyl (C=O) groups excluding carboxylic acids is 1. The number of morpholine rings is 1. The lowest BCUT2D eigenvalue weighted by Crippen LogP contribution is -2.60. The van der Waals surface area contributed by atoms with E-state index in [0.717, 1.165) is 58.0 Å². The molecule has 8 aliphatic rings. The molecular formula is C42H70N2O7. The maximum atomic E-state index is 13.4. The number of fused-ring (bicyclic) bond motifs is 4. The molecule has 0 radical (unpaired) electrons. The maximum absolute atomic E-state index is 13.4. The first-order valence-electron chi connectivity index (χ1n) is 20.9. The van der Waals surface area contributed by atoms with Crippen LogP contribution in [0.3, 0.4) is 0 Å². The summed E-state index contributed by atoms with van der Waals surface area (Å²) in [6.07, 6.45) is 8.94. The molecule has 0 aromatic heterocycles. The molecule has 3 aliphatic heterocycles. The highest BCUT2D eigenvalue weighted by Crippen LogP contribution is 2.89. The Hall–Kier alpha value is -0.810. The SMILES string of the molecule is C[C@@H]1CC([C@H](O)C(C)(C)O)OC2C1[C@@]1(C)CCC34C[C@@]35CC[C@H](OC3CN(C(=O)CC6CCN(C)CC6)CCO3)C(C)(C)[C@@H]5CC[C@H]4[C@]1(C)[C@H]2O. The van der Waals surface area contributed by atoms with Gasteiger partial charge in [0.25, 0.3) is 0 Å². The third-order valence-electron chi connectivity index (χ3n) is 17.8. The van der Waals surface area contributed by atoms with Gasteiger partial charge in [0.15, 0.2) is 6.29 Å². The van der Waals surface area contributed by atoms with E-state index >= 15 is 0 Å². The normalized spacial score (nSPS) is 50.3. The summed E-state index contributed by atoms with van der Waals surface area (Å²) in [6, 6.07) is 0. The molecule has 0 aromatic rings. The topological polar surface area (TPSA) is 112 Å². The van der Waals surface area contributed by atoms with E-state index in [2.05, 4.69) is 46.6 Å². The van der Waals surface area contributed by atoms with E-state index in [0.29, 0.717) is 56.2 Å². The summed E-state index contributed by atoms with van der Waals surface area (Å²) in [5, 5.41) is 34.2. The minimum Gasteiger partial charge on any atom is -0.390 e. The lowest BCUT2D eigenvalue weighted by Gasteiger charge is -2.64. The van der Waals surface area contributed by atoms with E-state index in [1.807, 2.05) is 4.90 Å². The summed E-state index contributed by atoms with van der Waals surface area (Å²) in [4.78, 5) is 17.7. The van der Waals surface area contributed by atoms with Gasteiger partial charge in [-0.1, -0.05) is 34.6 Å². The molecule has 3 heterocycles. The van der Waals surface area contributed by atoms with Crippen molar-refractivity contribution in [3.63, 3.8) is 0 Å². The van der Waals surface area contributed by atoms with E-state index < -0.39 is 23.9 Å². The van der Waals surface area contributed by atoms with E-state index in [-0.39, 0.29) is 57.4 Å². The summed E-state index contributed by atoms with van der Waals surface area (Å²) >= 11 is 0. The van der Waals surface area contributed by atoms with Crippen LogP contribution in [-0.2, 0) is 19.0 Å². The van der Waals surface area contributed by atoms with E-state index in [1.54, 1.807) is 13.8 Å². The van der Waals surface area contributed by atoms with Crippen molar-refractivity contribution in [2.75, 3.05) is 39.8 Å². The Morgan fingerprint density at radius 2 is 1.67 bits per heavy atom. The number of likely N-dealkylation sites (tertiary alicyclic amines) is 1. The van der Waals surface area contributed by atoms with Gasteiger partial charge >= 0.3 is 0 Å². The minimum atomic E-state index is -1.26. The van der Waals surface area contributed by atoms with Crippen LogP contribution < -0.4 is 0 Å².